The molecule has 5 nitrogen and oxygen atoms in total. The van der Waals surface area contributed by atoms with Gasteiger partial charge in [0.2, 0.25) is 5.91 Å². The van der Waals surface area contributed by atoms with Gasteiger partial charge in [-0.15, -0.1) is 0 Å². The first-order chi connectivity index (χ1) is 16.7. The third-order valence-electron chi connectivity index (χ3n) is 6.25. The second kappa shape index (κ2) is 11.7. The number of amides is 1. The summed E-state index contributed by atoms with van der Waals surface area (Å²) in [5, 5.41) is 7.68. The third-order valence-corrected chi connectivity index (χ3v) is 6.25. The third kappa shape index (κ3) is 6.72. The summed E-state index contributed by atoms with van der Waals surface area (Å²) >= 11 is 0. The number of hydrogen-bond acceptors (Lipinski definition) is 4. The van der Waals surface area contributed by atoms with Crippen molar-refractivity contribution in [1.82, 2.24) is 4.90 Å². The number of ether oxygens (including phenoxy) is 2. The predicted molar refractivity (Wildman–Crippen MR) is 141 cm³/mol. The minimum Gasteiger partial charge on any atom is -0.489 e. The van der Waals surface area contributed by atoms with Gasteiger partial charge in [0.25, 0.3) is 0 Å². The van der Waals surface area contributed by atoms with E-state index >= 15 is 0 Å². The van der Waals surface area contributed by atoms with Crippen molar-refractivity contribution in [3.8, 4) is 11.5 Å². The number of nitrogens with one attached hydrogen (secondary N) is 1. The molecule has 1 N–H and O–H groups in total. The lowest BCUT2D eigenvalue weighted by atomic mass is 9.83. The molecule has 3 aromatic carbocycles. The van der Waals surface area contributed by atoms with E-state index in [1.165, 1.54) is 0 Å². The van der Waals surface area contributed by atoms with E-state index in [1.54, 1.807) is 6.92 Å². The Bertz CT molecular complexity index is 1130. The van der Waals surface area contributed by atoms with Gasteiger partial charge in [0.1, 0.15) is 24.7 Å². The number of nitrogens with zero attached hydrogens (tertiary/aromatic N) is 1. The number of benzene rings is 3. The summed E-state index contributed by atoms with van der Waals surface area (Å²) in [7, 11) is 0. The molecule has 0 aliphatic carbocycles. The molecular formula is C30H36N2O3. The van der Waals surface area contributed by atoms with Crippen LogP contribution in [0.5, 0.6) is 11.5 Å². The van der Waals surface area contributed by atoms with Crippen LogP contribution >= 0.6 is 0 Å². The fraction of sp³-hybridized carbons (Fsp3) is 0.333. The summed E-state index contributed by atoms with van der Waals surface area (Å²) in [6, 6.07) is 23.5. The Morgan fingerprint density at radius 2 is 1.31 bits per heavy atom. The van der Waals surface area contributed by atoms with Crippen molar-refractivity contribution in [2.45, 2.75) is 53.2 Å². The van der Waals surface area contributed by atoms with Crippen molar-refractivity contribution in [3.05, 3.63) is 95.1 Å². The van der Waals surface area contributed by atoms with Crippen LogP contribution in [-0.2, 0) is 23.4 Å². The Morgan fingerprint density at radius 3 is 1.77 bits per heavy atom. The Kier molecular flexibility index (Phi) is 8.69. The molecule has 184 valence electrons. The fourth-order valence-corrected chi connectivity index (χ4v) is 3.94. The van der Waals surface area contributed by atoms with Gasteiger partial charge in [-0.05, 0) is 99.3 Å². The molecule has 0 aliphatic rings. The van der Waals surface area contributed by atoms with E-state index in [4.69, 9.17) is 14.9 Å². The van der Waals surface area contributed by atoms with Crippen molar-refractivity contribution in [3.63, 3.8) is 0 Å². The highest BCUT2D eigenvalue weighted by atomic mass is 16.5. The van der Waals surface area contributed by atoms with E-state index in [1.807, 2.05) is 99.3 Å². The first-order valence-electron chi connectivity index (χ1n) is 12.1. The highest BCUT2D eigenvalue weighted by Crippen LogP contribution is 2.28. The molecule has 5 heteroatoms. The molecule has 0 saturated carbocycles. The summed E-state index contributed by atoms with van der Waals surface area (Å²) in [6.07, 6.45) is 0. The van der Waals surface area contributed by atoms with Crippen molar-refractivity contribution in [2.75, 3.05) is 13.1 Å². The Labute approximate surface area is 209 Å². The van der Waals surface area contributed by atoms with Gasteiger partial charge in [-0.3, -0.25) is 4.79 Å². The minimum absolute atomic E-state index is 0.135. The van der Waals surface area contributed by atoms with E-state index in [0.29, 0.717) is 32.0 Å². The maximum atomic E-state index is 12.9. The van der Waals surface area contributed by atoms with Crippen molar-refractivity contribution >= 4 is 11.6 Å². The van der Waals surface area contributed by atoms with Gasteiger partial charge in [-0.1, -0.05) is 30.3 Å². The van der Waals surface area contributed by atoms with Crippen LogP contribution < -0.4 is 9.47 Å². The summed E-state index contributed by atoms with van der Waals surface area (Å²) in [5.41, 5.74) is 3.94. The molecule has 0 aromatic heterocycles. The number of rotatable bonds is 11. The van der Waals surface area contributed by atoms with Crippen LogP contribution in [0.3, 0.4) is 0 Å². The predicted octanol–water partition coefficient (Wildman–Crippen LogP) is 6.38. The summed E-state index contributed by atoms with van der Waals surface area (Å²) < 4.78 is 11.9. The van der Waals surface area contributed by atoms with E-state index in [9.17, 15) is 4.79 Å². The van der Waals surface area contributed by atoms with Crippen LogP contribution in [0.2, 0.25) is 0 Å². The van der Waals surface area contributed by atoms with Gasteiger partial charge in [0, 0.05) is 18.8 Å². The van der Waals surface area contributed by atoms with E-state index < -0.39 is 5.41 Å². The fourth-order valence-electron chi connectivity index (χ4n) is 3.94. The molecule has 0 fully saturated rings. The molecule has 3 aromatic rings. The van der Waals surface area contributed by atoms with Crippen LogP contribution in [0.4, 0.5) is 0 Å². The van der Waals surface area contributed by atoms with Crippen LogP contribution in [0.15, 0.2) is 72.8 Å². The van der Waals surface area contributed by atoms with Gasteiger partial charge in [-0.25, -0.2) is 0 Å². The Morgan fingerprint density at radius 1 is 0.829 bits per heavy atom. The zero-order valence-electron chi connectivity index (χ0n) is 21.4. The lowest BCUT2D eigenvalue weighted by Crippen LogP contribution is -2.43. The zero-order chi connectivity index (χ0) is 25.4. The van der Waals surface area contributed by atoms with Gasteiger partial charge >= 0.3 is 0 Å². The SMILES string of the molecule is CCN(CC)C(=O)C(C)(C)c1ccc(OCc2cccc(COc3ccc(C(C)=N)cc3)c2)cc1. The molecule has 0 spiro atoms. The summed E-state index contributed by atoms with van der Waals surface area (Å²) in [5.74, 6) is 1.68. The lowest BCUT2D eigenvalue weighted by Gasteiger charge is -2.31. The van der Waals surface area contributed by atoms with Gasteiger partial charge < -0.3 is 19.8 Å². The average molecular weight is 473 g/mol. The molecule has 1 amide bonds. The van der Waals surface area contributed by atoms with E-state index in [0.717, 1.165) is 33.8 Å². The van der Waals surface area contributed by atoms with Crippen molar-refractivity contribution in [2.24, 2.45) is 0 Å². The topological polar surface area (TPSA) is 62.6 Å². The van der Waals surface area contributed by atoms with Gasteiger partial charge in [-0.2, -0.15) is 0 Å². The normalized spacial score (nSPS) is 11.1. The largest absolute Gasteiger partial charge is 0.489 e. The maximum absolute atomic E-state index is 12.9. The number of carbonyl (C=O) groups excluding carboxylic acids is 1. The van der Waals surface area contributed by atoms with E-state index in [2.05, 4.69) is 6.07 Å². The monoisotopic (exact) mass is 472 g/mol. The molecule has 3 rings (SSSR count). The molecule has 0 unspecified atom stereocenters. The van der Waals surface area contributed by atoms with Crippen LogP contribution in [0, 0.1) is 5.41 Å². The molecule has 0 atom stereocenters. The Hall–Kier alpha value is -3.60. The first kappa shape index (κ1) is 26.0. The zero-order valence-corrected chi connectivity index (χ0v) is 21.4. The Balaban J connectivity index is 1.57. The number of carbonyl (C=O) groups is 1. The molecular weight excluding hydrogens is 436 g/mol. The second-order valence-corrected chi connectivity index (χ2v) is 9.17. The molecule has 0 bridgehead atoms. The van der Waals surface area contributed by atoms with Crippen molar-refractivity contribution < 1.29 is 14.3 Å². The van der Waals surface area contributed by atoms with Gasteiger partial charge in [0.05, 0.1) is 5.41 Å². The number of likely N-dealkylation sites (N-methyl/N-ethyl adjacent to an activating group) is 1. The minimum atomic E-state index is -0.586. The van der Waals surface area contributed by atoms with Gasteiger partial charge in [0.15, 0.2) is 0 Å². The van der Waals surface area contributed by atoms with Crippen LogP contribution in [0.25, 0.3) is 0 Å². The molecule has 0 aliphatic heterocycles. The van der Waals surface area contributed by atoms with Crippen LogP contribution in [0.1, 0.15) is 56.9 Å². The molecule has 0 heterocycles. The molecule has 0 radical (unpaired) electrons. The lowest BCUT2D eigenvalue weighted by molar-refractivity contribution is -0.135. The standard InChI is InChI=1S/C30H36N2O3/c1-6-32(7-2)29(33)30(4,5)26-13-17-28(18-14-26)35-21-24-10-8-9-23(19-24)20-34-27-15-11-25(12-16-27)22(3)31/h8-19,31H,6-7,20-21H2,1-5H3. The average Bonchev–Trinajstić information content (AvgIpc) is 2.87. The molecule has 35 heavy (non-hydrogen) atoms. The maximum Gasteiger partial charge on any atom is 0.232 e. The van der Waals surface area contributed by atoms with E-state index in [-0.39, 0.29) is 5.91 Å². The number of hydrogen-bond donors (Lipinski definition) is 1. The highest BCUT2D eigenvalue weighted by Gasteiger charge is 2.32. The van der Waals surface area contributed by atoms with Crippen LogP contribution in [-0.4, -0.2) is 29.6 Å². The van der Waals surface area contributed by atoms with Crippen molar-refractivity contribution in [1.29, 1.82) is 5.41 Å². The quantitative estimate of drug-likeness (QED) is 0.330. The molecule has 0 saturated heterocycles. The summed E-state index contributed by atoms with van der Waals surface area (Å²) in [4.78, 5) is 14.8. The first-order valence-corrected chi connectivity index (χ1v) is 12.1. The second-order valence-electron chi connectivity index (χ2n) is 9.17. The highest BCUT2D eigenvalue weighted by molar-refractivity contribution is 5.96. The smallest absolute Gasteiger partial charge is 0.232 e. The summed E-state index contributed by atoms with van der Waals surface area (Å²) in [6.45, 7) is 12.1.